The van der Waals surface area contributed by atoms with Gasteiger partial charge in [-0.15, -0.1) is 0 Å². The summed E-state index contributed by atoms with van der Waals surface area (Å²) in [6, 6.07) is 19.6. The van der Waals surface area contributed by atoms with Gasteiger partial charge in [0.25, 0.3) is 0 Å². The molecule has 0 radical (unpaired) electrons. The average Bonchev–Trinajstić information content (AvgIpc) is 3.14. The van der Waals surface area contributed by atoms with Crippen molar-refractivity contribution in [2.24, 2.45) is 11.8 Å². The van der Waals surface area contributed by atoms with E-state index in [-0.39, 0.29) is 30.1 Å². The Morgan fingerprint density at radius 3 is 2.33 bits per heavy atom. The minimum Gasteiger partial charge on any atom is -0.369 e. The van der Waals surface area contributed by atoms with Crippen LogP contribution in [0.3, 0.4) is 0 Å². The number of nitrogens with zero attached hydrogens (tertiary/aromatic N) is 4. The number of urea groups is 1. The normalized spacial score (nSPS) is 26.6. The van der Waals surface area contributed by atoms with Gasteiger partial charge in [-0.3, -0.25) is 19.5 Å². The fourth-order valence-corrected chi connectivity index (χ4v) is 7.06. The Labute approximate surface area is 240 Å². The Kier molecular flexibility index (Phi) is 9.11. The zero-order chi connectivity index (χ0) is 28.2. The van der Waals surface area contributed by atoms with Crippen LogP contribution in [0.25, 0.3) is 0 Å². The third kappa shape index (κ3) is 6.06. The Balaban J connectivity index is 1.43. The van der Waals surface area contributed by atoms with Crippen LogP contribution in [-0.4, -0.2) is 77.0 Å². The highest BCUT2D eigenvalue weighted by atomic mass is 16.2. The smallest absolute Gasteiger partial charge is 0.326 e. The van der Waals surface area contributed by atoms with Gasteiger partial charge in [-0.05, 0) is 68.0 Å². The van der Waals surface area contributed by atoms with E-state index in [0.717, 1.165) is 38.2 Å². The number of anilines is 1. The minimum atomic E-state index is -0.344. The quantitative estimate of drug-likeness (QED) is 0.454. The second-order valence-electron chi connectivity index (χ2n) is 12.3. The molecule has 0 spiro atoms. The molecule has 40 heavy (non-hydrogen) atoms. The molecule has 3 amide bonds. The van der Waals surface area contributed by atoms with Crippen LogP contribution in [0.2, 0.25) is 0 Å². The summed E-state index contributed by atoms with van der Waals surface area (Å²) in [5, 5.41) is 3.74. The Bertz CT molecular complexity index is 1140. The van der Waals surface area contributed by atoms with Gasteiger partial charge in [-0.25, -0.2) is 4.79 Å². The van der Waals surface area contributed by atoms with Crippen molar-refractivity contribution in [1.29, 1.82) is 0 Å². The maximum Gasteiger partial charge on any atom is 0.326 e. The van der Waals surface area contributed by atoms with Crippen molar-refractivity contribution in [1.82, 2.24) is 19.6 Å². The molecule has 4 unspecified atom stereocenters. The van der Waals surface area contributed by atoms with Crippen LogP contribution >= 0.6 is 0 Å². The van der Waals surface area contributed by atoms with Crippen molar-refractivity contribution in [3.8, 4) is 0 Å². The van der Waals surface area contributed by atoms with Gasteiger partial charge in [0.2, 0.25) is 5.91 Å². The second-order valence-corrected chi connectivity index (χ2v) is 12.3. The summed E-state index contributed by atoms with van der Waals surface area (Å²) in [4.78, 5) is 35.5. The number of fused-ring (bicyclic) bond motifs is 1. The molecule has 3 heterocycles. The highest BCUT2D eigenvalue weighted by Crippen LogP contribution is 2.36. The number of amides is 3. The van der Waals surface area contributed by atoms with Gasteiger partial charge in [-0.1, -0.05) is 69.7 Å². The number of benzene rings is 2. The Hall–Kier alpha value is -2.90. The molecule has 3 aliphatic rings. The molecule has 3 aliphatic heterocycles. The molecule has 1 N–H and O–H groups in total. The number of nitrogens with one attached hydrogen (secondary N) is 1. The van der Waals surface area contributed by atoms with Gasteiger partial charge in [0.1, 0.15) is 0 Å². The third-order valence-corrected chi connectivity index (χ3v) is 9.06. The monoisotopic (exact) mass is 545 g/mol. The van der Waals surface area contributed by atoms with Crippen molar-refractivity contribution in [3.05, 3.63) is 65.7 Å². The van der Waals surface area contributed by atoms with Gasteiger partial charge in [0.05, 0.1) is 12.1 Å². The number of hydrogen-bond donors (Lipinski definition) is 1. The number of hydrogen-bond acceptors (Lipinski definition) is 5. The van der Waals surface area contributed by atoms with Crippen LogP contribution in [0.1, 0.15) is 70.0 Å². The number of imide groups is 1. The largest absolute Gasteiger partial charge is 0.369 e. The molecule has 7 nitrogen and oxygen atoms in total. The highest BCUT2D eigenvalue weighted by molar-refractivity contribution is 5.99. The summed E-state index contributed by atoms with van der Waals surface area (Å²) in [7, 11) is 1.65. The predicted octanol–water partition coefficient (Wildman–Crippen LogP) is 5.80. The zero-order valence-electron chi connectivity index (χ0n) is 24.8. The molecule has 5 rings (SSSR count). The number of likely N-dealkylation sites (tertiary alicyclic amines) is 2. The molecular weight excluding hydrogens is 498 g/mol. The number of para-hydroxylation sites is 1. The minimum absolute atomic E-state index is 0.0809. The third-order valence-electron chi connectivity index (χ3n) is 9.06. The standard InChI is InChI=1S/C33H47N5O2/c1-5-36-20-10-9-14-28(36)26-18-16-25(17-19-26)23-37-21-11-15-29-30(31(37)34-27-12-7-6-8-13-27)32(39)35(4)33(40)38(29)22-24(2)3/h6-8,12-13,16-19,24,28-31,34H,5,9-11,14-15,20-23H2,1-4H3. The lowest BCUT2D eigenvalue weighted by Gasteiger charge is -2.47. The zero-order valence-corrected chi connectivity index (χ0v) is 24.8. The SMILES string of the molecule is CCN1CCCCC1c1ccc(CN2CCCC3C(C(=O)N(C)C(=O)N3CC(C)C)C2Nc2ccccc2)cc1. The van der Waals surface area contributed by atoms with Crippen LogP contribution in [0.15, 0.2) is 54.6 Å². The summed E-state index contributed by atoms with van der Waals surface area (Å²) in [6.45, 7) is 11.1. The lowest BCUT2D eigenvalue weighted by molar-refractivity contribution is -0.140. The molecule has 0 aliphatic carbocycles. The van der Waals surface area contributed by atoms with Crippen LogP contribution in [0, 0.1) is 11.8 Å². The highest BCUT2D eigenvalue weighted by Gasteiger charge is 2.50. The van der Waals surface area contributed by atoms with E-state index < -0.39 is 0 Å². The Morgan fingerprint density at radius 2 is 1.62 bits per heavy atom. The first kappa shape index (κ1) is 28.6. The van der Waals surface area contributed by atoms with Crippen molar-refractivity contribution < 1.29 is 9.59 Å². The first-order valence-corrected chi connectivity index (χ1v) is 15.3. The van der Waals surface area contributed by atoms with E-state index in [0.29, 0.717) is 18.5 Å². The topological polar surface area (TPSA) is 59.1 Å². The van der Waals surface area contributed by atoms with Gasteiger partial charge in [0.15, 0.2) is 0 Å². The van der Waals surface area contributed by atoms with Crippen LogP contribution in [-0.2, 0) is 11.3 Å². The number of carbonyl (C=O) groups excluding carboxylic acids is 2. The molecule has 3 fully saturated rings. The summed E-state index contributed by atoms with van der Waals surface area (Å²) in [5.41, 5.74) is 3.66. The molecule has 7 heteroatoms. The number of piperidine rings is 1. The van der Waals surface area contributed by atoms with E-state index in [1.807, 2.05) is 23.1 Å². The van der Waals surface area contributed by atoms with E-state index in [4.69, 9.17) is 0 Å². The molecule has 0 saturated carbocycles. The number of rotatable bonds is 8. The molecule has 3 saturated heterocycles. The van der Waals surface area contributed by atoms with E-state index in [9.17, 15) is 9.59 Å². The summed E-state index contributed by atoms with van der Waals surface area (Å²) in [6.07, 6.45) is 5.38. The molecule has 2 aromatic carbocycles. The molecule has 0 bridgehead atoms. The van der Waals surface area contributed by atoms with E-state index in [1.165, 1.54) is 41.8 Å². The summed E-state index contributed by atoms with van der Waals surface area (Å²) in [5.74, 6) is -0.0937. The molecule has 0 aromatic heterocycles. The van der Waals surface area contributed by atoms with Crippen LogP contribution in [0.5, 0.6) is 0 Å². The summed E-state index contributed by atoms with van der Waals surface area (Å²) < 4.78 is 0. The lowest BCUT2D eigenvalue weighted by Crippen LogP contribution is -2.65. The molecule has 4 atom stereocenters. The Morgan fingerprint density at radius 1 is 0.900 bits per heavy atom. The van der Waals surface area contributed by atoms with Crippen LogP contribution in [0.4, 0.5) is 10.5 Å². The van der Waals surface area contributed by atoms with Crippen LogP contribution < -0.4 is 5.32 Å². The van der Waals surface area contributed by atoms with Crippen molar-refractivity contribution >= 4 is 17.6 Å². The van der Waals surface area contributed by atoms with Gasteiger partial charge in [0, 0.05) is 44.5 Å². The molecular formula is C33H47N5O2. The van der Waals surface area contributed by atoms with Gasteiger partial charge in [-0.2, -0.15) is 0 Å². The fraction of sp³-hybridized carbons (Fsp3) is 0.576. The first-order chi connectivity index (χ1) is 19.4. The van der Waals surface area contributed by atoms with E-state index in [1.54, 1.807) is 7.05 Å². The maximum atomic E-state index is 13.8. The molecule has 216 valence electrons. The maximum absolute atomic E-state index is 13.8. The first-order valence-electron chi connectivity index (χ1n) is 15.3. The molecule has 2 aromatic rings. The van der Waals surface area contributed by atoms with E-state index in [2.05, 4.69) is 72.3 Å². The lowest BCUT2D eigenvalue weighted by atomic mass is 9.88. The predicted molar refractivity (Wildman–Crippen MR) is 161 cm³/mol. The number of carbonyl (C=O) groups is 2. The average molecular weight is 546 g/mol. The second kappa shape index (κ2) is 12.7. The van der Waals surface area contributed by atoms with Gasteiger partial charge >= 0.3 is 6.03 Å². The van der Waals surface area contributed by atoms with Crippen molar-refractivity contribution in [2.75, 3.05) is 38.5 Å². The summed E-state index contributed by atoms with van der Waals surface area (Å²) >= 11 is 0. The van der Waals surface area contributed by atoms with E-state index >= 15 is 0 Å². The van der Waals surface area contributed by atoms with Crippen molar-refractivity contribution in [2.45, 2.75) is 77.7 Å². The van der Waals surface area contributed by atoms with Crippen molar-refractivity contribution in [3.63, 3.8) is 0 Å². The fourth-order valence-electron chi connectivity index (χ4n) is 7.06. The van der Waals surface area contributed by atoms with Gasteiger partial charge < -0.3 is 10.2 Å².